The average Bonchev–Trinajstić information content (AvgIpc) is 3.52. The van der Waals surface area contributed by atoms with Gasteiger partial charge in [-0.2, -0.15) is 0 Å². The quantitative estimate of drug-likeness (QED) is 0.282. The molecule has 0 N–H and O–H groups in total. The molecule has 0 saturated heterocycles. The van der Waals surface area contributed by atoms with Gasteiger partial charge in [-0.25, -0.2) is 9.38 Å². The van der Waals surface area contributed by atoms with Crippen LogP contribution in [0.4, 0.5) is 0 Å². The van der Waals surface area contributed by atoms with Crippen LogP contribution < -0.4 is 9.47 Å². The highest BCUT2D eigenvalue weighted by molar-refractivity contribution is 7.99. The maximum atomic E-state index is 6.10. The van der Waals surface area contributed by atoms with Crippen LogP contribution >= 0.6 is 34.9 Å². The molecular formula is C22H22N4O3S3. The van der Waals surface area contributed by atoms with Crippen LogP contribution in [-0.2, 0) is 23.5 Å². The summed E-state index contributed by atoms with van der Waals surface area (Å²) in [4.78, 5) is 7.28. The molecule has 0 radical (unpaired) electrons. The van der Waals surface area contributed by atoms with E-state index in [-0.39, 0.29) is 12.9 Å². The van der Waals surface area contributed by atoms with E-state index < -0.39 is 0 Å². The van der Waals surface area contributed by atoms with Crippen molar-refractivity contribution in [1.82, 2.24) is 19.6 Å². The topological polar surface area (TPSA) is 70.8 Å². The molecule has 0 spiro atoms. The molecule has 166 valence electrons. The van der Waals surface area contributed by atoms with E-state index in [1.807, 2.05) is 18.4 Å². The first-order valence-electron chi connectivity index (χ1n) is 10.5. The second kappa shape index (κ2) is 8.09. The largest absolute Gasteiger partial charge is 0.454 e. The maximum absolute atomic E-state index is 6.10. The molecule has 0 aliphatic carbocycles. The number of thioether (sulfide) groups is 2. The first-order valence-corrected chi connectivity index (χ1v) is 13.5. The first kappa shape index (κ1) is 20.6. The fraction of sp³-hybridized carbons (Fsp3) is 0.409. The van der Waals surface area contributed by atoms with Crippen molar-refractivity contribution in [2.24, 2.45) is 5.92 Å². The van der Waals surface area contributed by atoms with Crippen molar-refractivity contribution in [2.45, 2.75) is 49.0 Å². The van der Waals surface area contributed by atoms with Gasteiger partial charge >= 0.3 is 0 Å². The van der Waals surface area contributed by atoms with Crippen LogP contribution in [0.3, 0.4) is 0 Å². The third kappa shape index (κ3) is 3.35. The van der Waals surface area contributed by atoms with E-state index in [2.05, 4.69) is 34.5 Å². The zero-order valence-electron chi connectivity index (χ0n) is 18.0. The molecule has 4 aromatic rings. The van der Waals surface area contributed by atoms with Crippen molar-refractivity contribution in [3.63, 3.8) is 0 Å². The number of hydrogen-bond donors (Lipinski definition) is 0. The molecule has 2 aliphatic heterocycles. The number of ether oxygens (including phenoxy) is 3. The zero-order chi connectivity index (χ0) is 21.8. The minimum Gasteiger partial charge on any atom is -0.454 e. The molecule has 3 aromatic heterocycles. The lowest BCUT2D eigenvalue weighted by molar-refractivity contribution is 0.00203. The first-order chi connectivity index (χ1) is 15.6. The highest BCUT2D eigenvalue weighted by atomic mass is 32.2. The molecule has 0 bridgehead atoms. The molecule has 1 aromatic carbocycles. The van der Waals surface area contributed by atoms with Crippen molar-refractivity contribution < 1.29 is 14.2 Å². The molecule has 10 heteroatoms. The minimum absolute atomic E-state index is 0.225. The molecule has 0 fully saturated rings. The SMILES string of the molecule is CSc1nc2sc3c(c2c2nnc(SCc4ccc5c(c4)OCO5)n12)C[C@@H](C(C)C)OC3. The Labute approximate surface area is 197 Å². The van der Waals surface area contributed by atoms with Gasteiger partial charge in [-0.1, -0.05) is 43.4 Å². The monoisotopic (exact) mass is 486 g/mol. The highest BCUT2D eigenvalue weighted by Gasteiger charge is 2.29. The van der Waals surface area contributed by atoms with Gasteiger partial charge in [-0.05, 0) is 35.4 Å². The van der Waals surface area contributed by atoms with Crippen LogP contribution in [-0.4, -0.2) is 38.7 Å². The van der Waals surface area contributed by atoms with Gasteiger partial charge in [0.15, 0.2) is 27.5 Å². The van der Waals surface area contributed by atoms with Crippen molar-refractivity contribution in [1.29, 1.82) is 0 Å². The maximum Gasteiger partial charge on any atom is 0.231 e. The summed E-state index contributed by atoms with van der Waals surface area (Å²) in [6.45, 7) is 5.37. The Bertz CT molecular complexity index is 1330. The number of benzene rings is 1. The predicted octanol–water partition coefficient (Wildman–Crippen LogP) is 5.18. The summed E-state index contributed by atoms with van der Waals surface area (Å²) in [5.74, 6) is 2.83. The van der Waals surface area contributed by atoms with Crippen molar-refractivity contribution in [3.8, 4) is 11.5 Å². The fourth-order valence-electron chi connectivity index (χ4n) is 4.16. The lowest BCUT2D eigenvalue weighted by Gasteiger charge is -2.26. The Balaban J connectivity index is 1.39. The second-order valence-corrected chi connectivity index (χ2v) is 11.0. The third-order valence-corrected chi connectivity index (χ3v) is 8.62. The third-order valence-electron chi connectivity index (χ3n) is 5.88. The van der Waals surface area contributed by atoms with E-state index in [0.29, 0.717) is 12.5 Å². The Morgan fingerprint density at radius 3 is 2.91 bits per heavy atom. The van der Waals surface area contributed by atoms with Crippen LogP contribution in [0, 0.1) is 5.92 Å². The van der Waals surface area contributed by atoms with Gasteiger partial charge in [0.05, 0.1) is 18.1 Å². The summed E-state index contributed by atoms with van der Waals surface area (Å²) < 4.78 is 19.1. The Hall–Kier alpha value is -2.01. The van der Waals surface area contributed by atoms with E-state index in [9.17, 15) is 0 Å². The summed E-state index contributed by atoms with van der Waals surface area (Å²) >= 11 is 5.00. The summed E-state index contributed by atoms with van der Waals surface area (Å²) in [7, 11) is 0. The lowest BCUT2D eigenvalue weighted by atomic mass is 9.96. The number of thiophene rings is 1. The zero-order valence-corrected chi connectivity index (χ0v) is 20.4. The number of hydrogen-bond acceptors (Lipinski definition) is 9. The molecule has 7 nitrogen and oxygen atoms in total. The number of nitrogens with zero attached hydrogens (tertiary/aromatic N) is 4. The van der Waals surface area contributed by atoms with Gasteiger partial charge < -0.3 is 14.2 Å². The van der Waals surface area contributed by atoms with Gasteiger partial charge in [-0.3, -0.25) is 0 Å². The Morgan fingerprint density at radius 2 is 2.06 bits per heavy atom. The number of rotatable bonds is 5. The van der Waals surface area contributed by atoms with Gasteiger partial charge in [0, 0.05) is 17.1 Å². The van der Waals surface area contributed by atoms with Crippen LogP contribution in [0.25, 0.3) is 15.9 Å². The van der Waals surface area contributed by atoms with Crippen molar-refractivity contribution >= 4 is 50.7 Å². The normalized spacial score (nSPS) is 17.6. The van der Waals surface area contributed by atoms with Gasteiger partial charge in [-0.15, -0.1) is 21.5 Å². The molecule has 6 rings (SSSR count). The van der Waals surface area contributed by atoms with Crippen LogP contribution in [0.15, 0.2) is 28.5 Å². The van der Waals surface area contributed by atoms with E-state index in [1.54, 1.807) is 34.9 Å². The molecule has 1 atom stereocenters. The van der Waals surface area contributed by atoms with Crippen molar-refractivity contribution in [3.05, 3.63) is 34.2 Å². The predicted molar refractivity (Wildman–Crippen MR) is 127 cm³/mol. The average molecular weight is 487 g/mol. The smallest absolute Gasteiger partial charge is 0.231 e. The molecule has 0 amide bonds. The lowest BCUT2D eigenvalue weighted by Crippen LogP contribution is -2.26. The van der Waals surface area contributed by atoms with E-state index in [1.165, 1.54) is 10.4 Å². The molecule has 5 heterocycles. The molecule has 0 unspecified atom stereocenters. The van der Waals surface area contributed by atoms with Crippen LogP contribution in [0.2, 0.25) is 0 Å². The number of fused-ring (bicyclic) bond motifs is 6. The summed E-state index contributed by atoms with van der Waals surface area (Å²) in [6.07, 6.45) is 3.17. The van der Waals surface area contributed by atoms with E-state index in [0.717, 1.165) is 55.4 Å². The van der Waals surface area contributed by atoms with E-state index >= 15 is 0 Å². The van der Waals surface area contributed by atoms with Gasteiger partial charge in [0.1, 0.15) is 4.83 Å². The Morgan fingerprint density at radius 1 is 1.19 bits per heavy atom. The van der Waals surface area contributed by atoms with E-state index in [4.69, 9.17) is 19.2 Å². The Kier molecular flexibility index (Phi) is 5.20. The summed E-state index contributed by atoms with van der Waals surface area (Å²) in [5.41, 5.74) is 3.38. The fourth-order valence-corrected chi connectivity index (χ4v) is 6.81. The highest BCUT2D eigenvalue weighted by Crippen LogP contribution is 2.40. The molecule has 32 heavy (non-hydrogen) atoms. The van der Waals surface area contributed by atoms with Gasteiger partial charge in [0.2, 0.25) is 6.79 Å². The van der Waals surface area contributed by atoms with Crippen LogP contribution in [0.5, 0.6) is 11.5 Å². The second-order valence-electron chi connectivity index (χ2n) is 8.20. The summed E-state index contributed by atoms with van der Waals surface area (Å²) in [6, 6.07) is 6.06. The number of aromatic nitrogens is 4. The van der Waals surface area contributed by atoms with Crippen molar-refractivity contribution in [2.75, 3.05) is 13.0 Å². The molecular weight excluding hydrogens is 464 g/mol. The molecule has 2 aliphatic rings. The summed E-state index contributed by atoms with van der Waals surface area (Å²) in [5, 5.41) is 12.1. The van der Waals surface area contributed by atoms with Gasteiger partial charge in [0.25, 0.3) is 0 Å². The minimum atomic E-state index is 0.225. The molecule has 0 saturated carbocycles. The van der Waals surface area contributed by atoms with Crippen LogP contribution in [0.1, 0.15) is 29.9 Å². The standard InChI is InChI=1S/C22H22N4O3S3/c1-11(2)15-7-13-17(8-27-15)32-20-18(13)19-24-25-22(26(19)21(23-20)30-3)31-9-12-4-5-14-16(6-12)29-10-28-14/h4-6,11,15H,7-10H2,1-3H3/t15-/m0/s1.